The molecule has 0 radical (unpaired) electrons. The minimum atomic E-state index is 0.208. The molecule has 4 heteroatoms. The van der Waals surface area contributed by atoms with Gasteiger partial charge in [-0.25, -0.2) is 0 Å². The van der Waals surface area contributed by atoms with E-state index in [0.717, 1.165) is 19.7 Å². The van der Waals surface area contributed by atoms with E-state index in [9.17, 15) is 0 Å². The minimum Gasteiger partial charge on any atom is -0.379 e. The van der Waals surface area contributed by atoms with Crippen LogP contribution >= 0.6 is 11.3 Å². The predicted molar refractivity (Wildman–Crippen MR) is 67.8 cm³/mol. The number of hydrogen-bond donors (Lipinski definition) is 2. The standard InChI is InChI=1S/C12H20N2OS/c1-8-3-11(16-9(8)2)5-14-4-10-6-15-7-12(10)13/h3,10,12,14H,4-7,13H2,1-2H3. The Bertz CT molecular complexity index is 331. The van der Waals surface area contributed by atoms with Crippen molar-refractivity contribution in [3.05, 3.63) is 21.4 Å². The molecule has 2 heterocycles. The second kappa shape index (κ2) is 5.27. The number of ether oxygens (including phenoxy) is 1. The van der Waals surface area contributed by atoms with Crippen molar-refractivity contribution >= 4 is 11.3 Å². The molecule has 2 unspecified atom stereocenters. The molecule has 1 aromatic heterocycles. The van der Waals surface area contributed by atoms with Crippen LogP contribution in [0.25, 0.3) is 0 Å². The Balaban J connectivity index is 1.75. The number of hydrogen-bond acceptors (Lipinski definition) is 4. The summed E-state index contributed by atoms with van der Waals surface area (Å²) >= 11 is 1.87. The number of nitrogens with one attached hydrogen (secondary N) is 1. The highest BCUT2D eigenvalue weighted by Gasteiger charge is 2.24. The van der Waals surface area contributed by atoms with Gasteiger partial charge in [0.25, 0.3) is 0 Å². The Morgan fingerprint density at radius 3 is 2.88 bits per heavy atom. The topological polar surface area (TPSA) is 47.3 Å². The van der Waals surface area contributed by atoms with Crippen molar-refractivity contribution in [1.82, 2.24) is 5.32 Å². The van der Waals surface area contributed by atoms with Crippen molar-refractivity contribution in [2.45, 2.75) is 26.4 Å². The van der Waals surface area contributed by atoms with Gasteiger partial charge in [-0.3, -0.25) is 0 Å². The van der Waals surface area contributed by atoms with Crippen LogP contribution in [0.1, 0.15) is 15.3 Å². The molecule has 1 aromatic rings. The Morgan fingerprint density at radius 1 is 1.50 bits per heavy atom. The number of aryl methyl sites for hydroxylation is 2. The van der Waals surface area contributed by atoms with Gasteiger partial charge >= 0.3 is 0 Å². The van der Waals surface area contributed by atoms with Crippen LogP contribution in [0.5, 0.6) is 0 Å². The SMILES string of the molecule is Cc1cc(CNCC2COCC2N)sc1C. The highest BCUT2D eigenvalue weighted by Crippen LogP contribution is 2.20. The minimum absolute atomic E-state index is 0.208. The Labute approximate surface area is 101 Å². The van der Waals surface area contributed by atoms with Gasteiger partial charge < -0.3 is 15.8 Å². The summed E-state index contributed by atoms with van der Waals surface area (Å²) in [7, 11) is 0. The van der Waals surface area contributed by atoms with Crippen LogP contribution < -0.4 is 11.1 Å². The molecule has 3 nitrogen and oxygen atoms in total. The molecule has 2 atom stereocenters. The summed E-state index contributed by atoms with van der Waals surface area (Å²) in [6.45, 7) is 7.75. The van der Waals surface area contributed by atoms with Gasteiger partial charge in [0.15, 0.2) is 0 Å². The third kappa shape index (κ3) is 2.83. The van der Waals surface area contributed by atoms with Crippen LogP contribution in [-0.2, 0) is 11.3 Å². The molecule has 2 rings (SSSR count). The summed E-state index contributed by atoms with van der Waals surface area (Å²) in [6, 6.07) is 2.47. The van der Waals surface area contributed by atoms with Crippen molar-refractivity contribution in [3.8, 4) is 0 Å². The molecule has 0 saturated carbocycles. The second-order valence-corrected chi connectivity index (χ2v) is 5.89. The fraction of sp³-hybridized carbons (Fsp3) is 0.667. The molecule has 0 spiro atoms. The Hall–Kier alpha value is -0.420. The largest absolute Gasteiger partial charge is 0.379 e. The van der Waals surface area contributed by atoms with Gasteiger partial charge in [0.2, 0.25) is 0 Å². The van der Waals surface area contributed by atoms with Gasteiger partial charge in [-0.2, -0.15) is 0 Å². The zero-order valence-corrected chi connectivity index (χ0v) is 10.8. The lowest BCUT2D eigenvalue weighted by Gasteiger charge is -2.13. The van der Waals surface area contributed by atoms with E-state index < -0.39 is 0 Å². The summed E-state index contributed by atoms with van der Waals surface area (Å²) < 4.78 is 5.33. The summed E-state index contributed by atoms with van der Waals surface area (Å²) in [5, 5.41) is 3.46. The molecule has 1 saturated heterocycles. The van der Waals surface area contributed by atoms with Crippen LogP contribution in [0, 0.1) is 19.8 Å². The van der Waals surface area contributed by atoms with Crippen LogP contribution in [0.4, 0.5) is 0 Å². The lowest BCUT2D eigenvalue weighted by Crippen LogP contribution is -2.35. The molecular formula is C12H20N2OS. The van der Waals surface area contributed by atoms with Crippen LogP contribution in [0.2, 0.25) is 0 Å². The third-order valence-electron chi connectivity index (χ3n) is 3.17. The van der Waals surface area contributed by atoms with Crippen molar-refractivity contribution in [2.75, 3.05) is 19.8 Å². The highest BCUT2D eigenvalue weighted by atomic mass is 32.1. The number of nitrogens with two attached hydrogens (primary N) is 1. The van der Waals surface area contributed by atoms with E-state index in [1.165, 1.54) is 15.3 Å². The first-order chi connectivity index (χ1) is 7.66. The molecule has 1 aliphatic heterocycles. The molecule has 3 N–H and O–H groups in total. The number of thiophene rings is 1. The normalized spacial score (nSPS) is 25.2. The second-order valence-electron chi connectivity index (χ2n) is 4.54. The molecular weight excluding hydrogens is 220 g/mol. The zero-order chi connectivity index (χ0) is 11.5. The van der Waals surface area contributed by atoms with Crippen LogP contribution in [-0.4, -0.2) is 25.8 Å². The van der Waals surface area contributed by atoms with Gasteiger partial charge in [-0.1, -0.05) is 0 Å². The van der Waals surface area contributed by atoms with E-state index in [2.05, 4.69) is 25.2 Å². The average molecular weight is 240 g/mol. The smallest absolute Gasteiger partial charge is 0.0621 e. The van der Waals surface area contributed by atoms with Crippen molar-refractivity contribution in [3.63, 3.8) is 0 Å². The first-order valence-corrected chi connectivity index (χ1v) is 6.58. The lowest BCUT2D eigenvalue weighted by molar-refractivity contribution is 0.184. The molecule has 0 aliphatic carbocycles. The van der Waals surface area contributed by atoms with Gasteiger partial charge in [-0.05, 0) is 25.5 Å². The van der Waals surface area contributed by atoms with E-state index in [-0.39, 0.29) is 6.04 Å². The summed E-state index contributed by atoms with van der Waals surface area (Å²) in [5.74, 6) is 0.474. The Morgan fingerprint density at radius 2 is 2.31 bits per heavy atom. The molecule has 16 heavy (non-hydrogen) atoms. The van der Waals surface area contributed by atoms with Gasteiger partial charge in [0, 0.05) is 34.8 Å². The van der Waals surface area contributed by atoms with E-state index in [1.807, 2.05) is 11.3 Å². The maximum absolute atomic E-state index is 5.92. The maximum Gasteiger partial charge on any atom is 0.0621 e. The molecule has 0 aromatic carbocycles. The highest BCUT2D eigenvalue weighted by molar-refractivity contribution is 7.12. The fourth-order valence-electron chi connectivity index (χ4n) is 1.94. The lowest BCUT2D eigenvalue weighted by atomic mass is 10.1. The predicted octanol–water partition coefficient (Wildman–Crippen LogP) is 1.43. The van der Waals surface area contributed by atoms with Crippen molar-refractivity contribution in [1.29, 1.82) is 0 Å². The molecule has 1 aliphatic rings. The zero-order valence-electron chi connectivity index (χ0n) is 9.95. The quantitative estimate of drug-likeness (QED) is 0.837. The molecule has 90 valence electrons. The van der Waals surface area contributed by atoms with Crippen molar-refractivity contribution < 1.29 is 4.74 Å². The van der Waals surface area contributed by atoms with E-state index >= 15 is 0 Å². The monoisotopic (exact) mass is 240 g/mol. The summed E-state index contributed by atoms with van der Waals surface area (Å²) in [5.41, 5.74) is 7.32. The average Bonchev–Trinajstić information content (AvgIpc) is 2.76. The van der Waals surface area contributed by atoms with Crippen LogP contribution in [0.15, 0.2) is 6.07 Å². The Kier molecular flexibility index (Phi) is 3.97. The molecule has 0 amide bonds. The summed E-state index contributed by atoms with van der Waals surface area (Å²) in [6.07, 6.45) is 0. The van der Waals surface area contributed by atoms with Gasteiger partial charge in [-0.15, -0.1) is 11.3 Å². The molecule has 0 bridgehead atoms. The first-order valence-electron chi connectivity index (χ1n) is 5.77. The van der Waals surface area contributed by atoms with Crippen molar-refractivity contribution in [2.24, 2.45) is 11.7 Å². The first kappa shape index (κ1) is 12.0. The maximum atomic E-state index is 5.92. The van der Waals surface area contributed by atoms with E-state index in [4.69, 9.17) is 10.5 Å². The number of rotatable bonds is 4. The van der Waals surface area contributed by atoms with Gasteiger partial charge in [0.05, 0.1) is 13.2 Å². The third-order valence-corrected chi connectivity index (χ3v) is 4.32. The van der Waals surface area contributed by atoms with E-state index in [0.29, 0.717) is 12.5 Å². The summed E-state index contributed by atoms with van der Waals surface area (Å²) in [4.78, 5) is 2.82. The van der Waals surface area contributed by atoms with Crippen LogP contribution in [0.3, 0.4) is 0 Å². The van der Waals surface area contributed by atoms with E-state index in [1.54, 1.807) is 0 Å². The molecule has 1 fully saturated rings. The van der Waals surface area contributed by atoms with Gasteiger partial charge in [0.1, 0.15) is 0 Å². The fourth-order valence-corrected chi connectivity index (χ4v) is 2.97.